The summed E-state index contributed by atoms with van der Waals surface area (Å²) in [7, 11) is -3.34. The van der Waals surface area contributed by atoms with Gasteiger partial charge in [0, 0.05) is 6.61 Å². The molecule has 1 aromatic rings. The highest BCUT2D eigenvalue weighted by Gasteiger charge is 2.30. The van der Waals surface area contributed by atoms with Gasteiger partial charge in [-0.15, -0.1) is 0 Å². The molecule has 0 aromatic heterocycles. The molecule has 0 bridgehead atoms. The molecule has 5 heteroatoms. The zero-order chi connectivity index (χ0) is 11.6. The number of anilines is 1. The fourth-order valence-electron chi connectivity index (χ4n) is 1.88. The third-order valence-corrected chi connectivity index (χ3v) is 5.02. The van der Waals surface area contributed by atoms with E-state index in [0.717, 1.165) is 6.42 Å². The number of para-hydroxylation sites is 1. The summed E-state index contributed by atoms with van der Waals surface area (Å²) >= 11 is 0. The Labute approximate surface area is 95.3 Å². The standard InChI is InChI=1S/C11H15NO3S/c12-10-5-1-2-6-11(10)16(13,14)9-4-3-7-15-8-9/h1-2,5-6,9H,3-4,7-8,12H2. The lowest BCUT2D eigenvalue weighted by Crippen LogP contribution is -2.31. The molecule has 0 saturated carbocycles. The van der Waals surface area contributed by atoms with E-state index in [-0.39, 0.29) is 11.5 Å². The summed E-state index contributed by atoms with van der Waals surface area (Å²) in [6.45, 7) is 0.924. The third kappa shape index (κ3) is 2.05. The van der Waals surface area contributed by atoms with Crippen LogP contribution in [0.4, 0.5) is 5.69 Å². The maximum Gasteiger partial charge on any atom is 0.185 e. The van der Waals surface area contributed by atoms with Gasteiger partial charge in [-0.05, 0) is 25.0 Å². The highest BCUT2D eigenvalue weighted by atomic mass is 32.2. The fraction of sp³-hybridized carbons (Fsp3) is 0.455. The molecule has 4 nitrogen and oxygen atoms in total. The maximum atomic E-state index is 12.2. The Morgan fingerprint density at radius 1 is 1.31 bits per heavy atom. The van der Waals surface area contributed by atoms with E-state index in [9.17, 15) is 8.42 Å². The summed E-state index contributed by atoms with van der Waals surface area (Å²) in [5, 5.41) is -0.453. The minimum Gasteiger partial charge on any atom is -0.398 e. The van der Waals surface area contributed by atoms with Crippen LogP contribution in [0.2, 0.25) is 0 Å². The molecule has 1 atom stereocenters. The molecule has 0 amide bonds. The summed E-state index contributed by atoms with van der Waals surface area (Å²) in [4.78, 5) is 0.227. The van der Waals surface area contributed by atoms with Gasteiger partial charge < -0.3 is 10.5 Å². The highest BCUT2D eigenvalue weighted by Crippen LogP contribution is 2.26. The van der Waals surface area contributed by atoms with Crippen molar-refractivity contribution in [3.8, 4) is 0 Å². The van der Waals surface area contributed by atoms with E-state index >= 15 is 0 Å². The van der Waals surface area contributed by atoms with Crippen LogP contribution < -0.4 is 5.73 Å². The predicted octanol–water partition coefficient (Wildman–Crippen LogP) is 1.22. The summed E-state index contributed by atoms with van der Waals surface area (Å²) in [5.41, 5.74) is 6.01. The van der Waals surface area contributed by atoms with Crippen molar-refractivity contribution in [2.75, 3.05) is 18.9 Å². The van der Waals surface area contributed by atoms with Crippen molar-refractivity contribution in [1.29, 1.82) is 0 Å². The molecule has 0 spiro atoms. The number of benzene rings is 1. The summed E-state index contributed by atoms with van der Waals surface area (Å²) in [6, 6.07) is 6.58. The Hall–Kier alpha value is -1.07. The summed E-state index contributed by atoms with van der Waals surface area (Å²) in [5.74, 6) is 0. The van der Waals surface area contributed by atoms with Gasteiger partial charge in [0.15, 0.2) is 9.84 Å². The smallest absolute Gasteiger partial charge is 0.185 e. The van der Waals surface area contributed by atoms with Gasteiger partial charge in [-0.1, -0.05) is 12.1 Å². The first-order valence-electron chi connectivity index (χ1n) is 5.28. The molecular weight excluding hydrogens is 226 g/mol. The van der Waals surface area contributed by atoms with E-state index in [2.05, 4.69) is 0 Å². The number of hydrogen-bond acceptors (Lipinski definition) is 4. The Morgan fingerprint density at radius 2 is 2.06 bits per heavy atom. The van der Waals surface area contributed by atoms with Crippen molar-refractivity contribution in [2.45, 2.75) is 23.0 Å². The van der Waals surface area contributed by atoms with Gasteiger partial charge in [-0.25, -0.2) is 8.42 Å². The Balaban J connectivity index is 2.35. The van der Waals surface area contributed by atoms with Crippen LogP contribution in [-0.2, 0) is 14.6 Å². The fourth-order valence-corrected chi connectivity index (χ4v) is 3.65. The van der Waals surface area contributed by atoms with Crippen LogP contribution in [0.5, 0.6) is 0 Å². The number of nitrogens with two attached hydrogens (primary N) is 1. The Bertz CT molecular complexity index is 464. The van der Waals surface area contributed by atoms with Crippen LogP contribution in [0.1, 0.15) is 12.8 Å². The van der Waals surface area contributed by atoms with E-state index in [4.69, 9.17) is 10.5 Å². The molecule has 1 unspecified atom stereocenters. The monoisotopic (exact) mass is 241 g/mol. The van der Waals surface area contributed by atoms with Gasteiger partial charge in [0.05, 0.1) is 22.4 Å². The van der Waals surface area contributed by atoms with Gasteiger partial charge in [-0.3, -0.25) is 0 Å². The molecular formula is C11H15NO3S. The molecule has 1 fully saturated rings. The van der Waals surface area contributed by atoms with Crippen LogP contribution in [0.15, 0.2) is 29.2 Å². The zero-order valence-corrected chi connectivity index (χ0v) is 9.74. The first-order valence-corrected chi connectivity index (χ1v) is 6.83. The highest BCUT2D eigenvalue weighted by molar-refractivity contribution is 7.92. The largest absolute Gasteiger partial charge is 0.398 e. The van der Waals surface area contributed by atoms with Crippen molar-refractivity contribution >= 4 is 15.5 Å². The SMILES string of the molecule is Nc1ccccc1S(=O)(=O)C1CCCOC1. The molecule has 0 aliphatic carbocycles. The van der Waals surface area contributed by atoms with Crippen LogP contribution in [0.25, 0.3) is 0 Å². The molecule has 1 saturated heterocycles. The van der Waals surface area contributed by atoms with Gasteiger partial charge >= 0.3 is 0 Å². The Kier molecular flexibility index (Phi) is 3.16. The number of ether oxygens (including phenoxy) is 1. The van der Waals surface area contributed by atoms with Crippen molar-refractivity contribution in [3.05, 3.63) is 24.3 Å². The molecule has 88 valence electrons. The molecule has 2 rings (SSSR count). The average Bonchev–Trinajstić information content (AvgIpc) is 2.30. The molecule has 1 aliphatic rings. The third-order valence-electron chi connectivity index (χ3n) is 2.78. The first-order chi connectivity index (χ1) is 7.62. The average molecular weight is 241 g/mol. The van der Waals surface area contributed by atoms with Crippen LogP contribution in [-0.4, -0.2) is 26.9 Å². The lowest BCUT2D eigenvalue weighted by Gasteiger charge is -2.22. The van der Waals surface area contributed by atoms with Gasteiger partial charge in [0.1, 0.15) is 0 Å². The quantitative estimate of drug-likeness (QED) is 0.790. The van der Waals surface area contributed by atoms with E-state index in [0.29, 0.717) is 18.7 Å². The molecule has 2 N–H and O–H groups in total. The second kappa shape index (κ2) is 4.43. The number of rotatable bonds is 2. The summed E-state index contributed by atoms with van der Waals surface area (Å²) in [6.07, 6.45) is 1.44. The second-order valence-corrected chi connectivity index (χ2v) is 6.12. The number of sulfone groups is 1. The molecule has 1 aliphatic heterocycles. The topological polar surface area (TPSA) is 69.4 Å². The zero-order valence-electron chi connectivity index (χ0n) is 8.93. The lowest BCUT2D eigenvalue weighted by molar-refractivity contribution is 0.0991. The Morgan fingerprint density at radius 3 is 2.69 bits per heavy atom. The van der Waals surface area contributed by atoms with Crippen molar-refractivity contribution in [2.24, 2.45) is 0 Å². The van der Waals surface area contributed by atoms with Crippen molar-refractivity contribution < 1.29 is 13.2 Å². The normalized spacial score (nSPS) is 21.9. The molecule has 1 aromatic carbocycles. The van der Waals surface area contributed by atoms with Crippen LogP contribution in [0.3, 0.4) is 0 Å². The van der Waals surface area contributed by atoms with Gasteiger partial charge in [0.2, 0.25) is 0 Å². The van der Waals surface area contributed by atoms with E-state index in [1.807, 2.05) is 0 Å². The van der Waals surface area contributed by atoms with E-state index in [1.54, 1.807) is 24.3 Å². The lowest BCUT2D eigenvalue weighted by atomic mass is 10.2. The number of hydrogen-bond donors (Lipinski definition) is 1. The van der Waals surface area contributed by atoms with E-state index in [1.165, 1.54) is 0 Å². The second-order valence-electron chi connectivity index (χ2n) is 3.92. The van der Waals surface area contributed by atoms with Crippen molar-refractivity contribution in [3.63, 3.8) is 0 Å². The number of nitrogen functional groups attached to an aromatic ring is 1. The van der Waals surface area contributed by atoms with Crippen LogP contribution >= 0.6 is 0 Å². The van der Waals surface area contributed by atoms with Gasteiger partial charge in [0.25, 0.3) is 0 Å². The minimum absolute atomic E-state index is 0.227. The summed E-state index contributed by atoms with van der Waals surface area (Å²) < 4.78 is 29.7. The molecule has 0 radical (unpaired) electrons. The molecule has 16 heavy (non-hydrogen) atoms. The predicted molar refractivity (Wildman–Crippen MR) is 61.9 cm³/mol. The van der Waals surface area contributed by atoms with E-state index < -0.39 is 15.1 Å². The van der Waals surface area contributed by atoms with Crippen molar-refractivity contribution in [1.82, 2.24) is 0 Å². The minimum atomic E-state index is -3.34. The van der Waals surface area contributed by atoms with Crippen LogP contribution in [0, 0.1) is 0 Å². The maximum absolute atomic E-state index is 12.2. The first kappa shape index (κ1) is 11.4. The molecule has 1 heterocycles. The van der Waals surface area contributed by atoms with Gasteiger partial charge in [-0.2, -0.15) is 0 Å².